The van der Waals surface area contributed by atoms with Gasteiger partial charge < -0.3 is 4.74 Å². The van der Waals surface area contributed by atoms with Gasteiger partial charge in [0.2, 0.25) is 0 Å². The highest BCUT2D eigenvalue weighted by molar-refractivity contribution is 7.90. The lowest BCUT2D eigenvalue weighted by Gasteiger charge is -2.22. The molecule has 1 aromatic carbocycles. The summed E-state index contributed by atoms with van der Waals surface area (Å²) in [6.45, 7) is 4.52. The van der Waals surface area contributed by atoms with Crippen molar-refractivity contribution in [2.75, 3.05) is 19.4 Å². The lowest BCUT2D eigenvalue weighted by molar-refractivity contribution is 0.236. The Bertz CT molecular complexity index is 561. The minimum atomic E-state index is -3.20. The van der Waals surface area contributed by atoms with Crippen molar-refractivity contribution in [2.24, 2.45) is 0 Å². The molecule has 0 radical (unpaired) electrons. The average Bonchev–Trinajstić information content (AvgIpc) is 2.36. The van der Waals surface area contributed by atoms with E-state index in [4.69, 9.17) is 10.00 Å². The van der Waals surface area contributed by atoms with Crippen LogP contribution in [0.2, 0.25) is 0 Å². The summed E-state index contributed by atoms with van der Waals surface area (Å²) in [7, 11) is -3.20. The molecule has 0 aliphatic carbocycles. The number of hydrogen-bond acceptors (Lipinski definition) is 5. The van der Waals surface area contributed by atoms with Crippen LogP contribution >= 0.6 is 0 Å². The third kappa shape index (κ3) is 4.54. The fourth-order valence-corrected chi connectivity index (χ4v) is 2.15. The summed E-state index contributed by atoms with van der Waals surface area (Å²) in [6.07, 6.45) is 1.15. The van der Waals surface area contributed by atoms with Crippen LogP contribution in [-0.4, -0.2) is 33.4 Å². The van der Waals surface area contributed by atoms with Gasteiger partial charge in [-0.2, -0.15) is 5.26 Å². The van der Waals surface area contributed by atoms with Gasteiger partial charge in [-0.25, -0.2) is 8.42 Å². The zero-order valence-corrected chi connectivity index (χ0v) is 12.1. The molecule has 0 amide bonds. The van der Waals surface area contributed by atoms with E-state index in [1.165, 1.54) is 12.1 Å². The van der Waals surface area contributed by atoms with Crippen molar-refractivity contribution in [3.63, 3.8) is 0 Å². The van der Waals surface area contributed by atoms with Gasteiger partial charge in [-0.3, -0.25) is 5.32 Å². The second-order valence-corrected chi connectivity index (χ2v) is 6.52. The van der Waals surface area contributed by atoms with Gasteiger partial charge in [0, 0.05) is 6.26 Å². The molecule has 19 heavy (non-hydrogen) atoms. The Morgan fingerprint density at radius 1 is 1.37 bits per heavy atom. The number of nitrogens with zero attached hydrogens (tertiary/aromatic N) is 1. The predicted molar refractivity (Wildman–Crippen MR) is 72.7 cm³/mol. The lowest BCUT2D eigenvalue weighted by atomic mass is 10.1. The normalized spacial score (nSPS) is 14.4. The minimum Gasteiger partial charge on any atom is -0.491 e. The van der Waals surface area contributed by atoms with E-state index in [-0.39, 0.29) is 11.5 Å². The Balaban J connectivity index is 2.72. The van der Waals surface area contributed by atoms with Crippen LogP contribution in [-0.2, 0) is 9.84 Å². The van der Waals surface area contributed by atoms with Crippen LogP contribution in [0.25, 0.3) is 0 Å². The van der Waals surface area contributed by atoms with Crippen molar-refractivity contribution < 1.29 is 13.2 Å². The van der Waals surface area contributed by atoms with E-state index in [2.05, 4.69) is 11.4 Å². The van der Waals surface area contributed by atoms with Crippen molar-refractivity contribution in [1.82, 2.24) is 5.32 Å². The molecule has 0 aliphatic rings. The number of sulfone groups is 1. The quantitative estimate of drug-likeness (QED) is 0.852. The van der Waals surface area contributed by atoms with E-state index in [9.17, 15) is 8.42 Å². The van der Waals surface area contributed by atoms with E-state index in [0.717, 1.165) is 6.26 Å². The average molecular weight is 282 g/mol. The van der Waals surface area contributed by atoms with E-state index < -0.39 is 15.4 Å². The van der Waals surface area contributed by atoms with Gasteiger partial charge in [-0.05, 0) is 37.7 Å². The fraction of sp³-hybridized carbons (Fsp3) is 0.462. The van der Waals surface area contributed by atoms with Gasteiger partial charge in [0.05, 0.1) is 11.0 Å². The molecule has 0 aromatic heterocycles. The maximum atomic E-state index is 11.3. The van der Waals surface area contributed by atoms with Crippen LogP contribution in [0, 0.1) is 11.3 Å². The first-order valence-corrected chi connectivity index (χ1v) is 7.79. The first-order chi connectivity index (χ1) is 8.80. The molecule has 0 heterocycles. The van der Waals surface area contributed by atoms with Crippen LogP contribution in [0.1, 0.15) is 13.8 Å². The van der Waals surface area contributed by atoms with E-state index in [0.29, 0.717) is 12.3 Å². The number of hydrogen-bond donors (Lipinski definition) is 1. The van der Waals surface area contributed by atoms with Crippen LogP contribution in [0.3, 0.4) is 0 Å². The number of likely N-dealkylation sites (N-methyl/N-ethyl adjacent to an activating group) is 1. The molecule has 1 atom stereocenters. The van der Waals surface area contributed by atoms with Gasteiger partial charge in [0.15, 0.2) is 9.84 Å². The van der Waals surface area contributed by atoms with Crippen LogP contribution in [0.5, 0.6) is 5.75 Å². The highest BCUT2D eigenvalue weighted by Crippen LogP contribution is 2.17. The zero-order valence-electron chi connectivity index (χ0n) is 11.3. The Morgan fingerprint density at radius 2 is 1.95 bits per heavy atom. The third-order valence-electron chi connectivity index (χ3n) is 2.59. The van der Waals surface area contributed by atoms with Crippen molar-refractivity contribution in [3.05, 3.63) is 24.3 Å². The van der Waals surface area contributed by atoms with Crippen molar-refractivity contribution in [2.45, 2.75) is 24.3 Å². The highest BCUT2D eigenvalue weighted by Gasteiger charge is 2.23. The third-order valence-corrected chi connectivity index (χ3v) is 3.72. The van der Waals surface area contributed by atoms with Crippen molar-refractivity contribution in [3.8, 4) is 11.8 Å². The summed E-state index contributed by atoms with van der Waals surface area (Å²) in [6, 6.07) is 8.30. The van der Waals surface area contributed by atoms with Crippen molar-refractivity contribution in [1.29, 1.82) is 5.26 Å². The maximum Gasteiger partial charge on any atom is 0.175 e. The maximum absolute atomic E-state index is 11.3. The highest BCUT2D eigenvalue weighted by atomic mass is 32.2. The molecule has 0 bridgehead atoms. The Labute approximate surface area is 114 Å². The Morgan fingerprint density at radius 3 is 2.37 bits per heavy atom. The number of nitriles is 1. The molecule has 1 aromatic rings. The molecule has 104 valence electrons. The van der Waals surface area contributed by atoms with Gasteiger partial charge in [0.1, 0.15) is 17.9 Å². The molecule has 5 nitrogen and oxygen atoms in total. The molecule has 1 rings (SSSR count). The summed E-state index contributed by atoms with van der Waals surface area (Å²) < 4.78 is 28.1. The Hall–Kier alpha value is -1.58. The SMILES string of the molecule is CCNC(C)(C#N)COc1ccc(S(C)(=O)=O)cc1. The first-order valence-electron chi connectivity index (χ1n) is 5.90. The van der Waals surface area contributed by atoms with Crippen LogP contribution < -0.4 is 10.1 Å². The van der Waals surface area contributed by atoms with Gasteiger partial charge in [-0.15, -0.1) is 0 Å². The number of benzene rings is 1. The summed E-state index contributed by atoms with van der Waals surface area (Å²) in [4.78, 5) is 0.245. The molecule has 1 unspecified atom stereocenters. The van der Waals surface area contributed by atoms with Crippen LogP contribution in [0.15, 0.2) is 29.2 Å². The molecule has 0 saturated heterocycles. The van der Waals surface area contributed by atoms with Crippen molar-refractivity contribution >= 4 is 9.84 Å². The molecule has 6 heteroatoms. The number of rotatable bonds is 6. The second kappa shape index (κ2) is 6.04. The summed E-state index contributed by atoms with van der Waals surface area (Å²) in [5.74, 6) is 0.534. The summed E-state index contributed by atoms with van der Waals surface area (Å²) in [5.41, 5.74) is -0.760. The first kappa shape index (κ1) is 15.5. The zero-order chi connectivity index (χ0) is 14.5. The fourth-order valence-electron chi connectivity index (χ4n) is 1.52. The minimum absolute atomic E-state index is 0.190. The molecular weight excluding hydrogens is 264 g/mol. The predicted octanol–water partition coefficient (Wildman–Crippen LogP) is 1.36. The topological polar surface area (TPSA) is 79.2 Å². The molecule has 0 aliphatic heterocycles. The van der Waals surface area contributed by atoms with Gasteiger partial charge >= 0.3 is 0 Å². The largest absolute Gasteiger partial charge is 0.491 e. The standard InChI is InChI=1S/C13H18N2O3S/c1-4-15-13(2,9-14)10-18-11-5-7-12(8-6-11)19(3,16)17/h5-8,15H,4,10H2,1-3H3. The van der Waals surface area contributed by atoms with Gasteiger partial charge in [-0.1, -0.05) is 6.92 Å². The number of ether oxygens (including phenoxy) is 1. The molecule has 0 spiro atoms. The summed E-state index contributed by atoms with van der Waals surface area (Å²) >= 11 is 0. The Kier molecular flexibility index (Phi) is 4.92. The second-order valence-electron chi connectivity index (χ2n) is 4.51. The smallest absolute Gasteiger partial charge is 0.175 e. The molecule has 0 saturated carbocycles. The number of nitrogens with one attached hydrogen (secondary N) is 1. The molecular formula is C13H18N2O3S. The lowest BCUT2D eigenvalue weighted by Crippen LogP contribution is -2.46. The monoisotopic (exact) mass is 282 g/mol. The van der Waals surface area contributed by atoms with E-state index in [1.54, 1.807) is 19.1 Å². The van der Waals surface area contributed by atoms with E-state index in [1.807, 2.05) is 6.92 Å². The van der Waals surface area contributed by atoms with Crippen LogP contribution in [0.4, 0.5) is 0 Å². The molecule has 0 fully saturated rings. The van der Waals surface area contributed by atoms with E-state index >= 15 is 0 Å². The summed E-state index contributed by atoms with van der Waals surface area (Å²) in [5, 5.41) is 12.1. The van der Waals surface area contributed by atoms with Gasteiger partial charge in [0.25, 0.3) is 0 Å². The molecule has 1 N–H and O–H groups in total.